The van der Waals surface area contributed by atoms with Gasteiger partial charge in [0.15, 0.2) is 0 Å². The third-order valence-corrected chi connectivity index (χ3v) is 3.07. The number of ether oxygens (including phenoxy) is 1. The van der Waals surface area contributed by atoms with Gasteiger partial charge in [0.25, 0.3) is 0 Å². The van der Waals surface area contributed by atoms with Crippen molar-refractivity contribution in [3.63, 3.8) is 0 Å². The average molecular weight is 264 g/mol. The highest BCUT2D eigenvalue weighted by Crippen LogP contribution is 2.28. The van der Waals surface area contributed by atoms with Crippen molar-refractivity contribution in [1.82, 2.24) is 9.78 Å². The van der Waals surface area contributed by atoms with E-state index in [9.17, 15) is 9.50 Å². The molecule has 0 bridgehead atoms. The maximum atomic E-state index is 13.9. The van der Waals surface area contributed by atoms with E-state index in [2.05, 4.69) is 5.10 Å². The minimum absolute atomic E-state index is 0.225. The number of benzene rings is 1. The molecule has 0 aliphatic carbocycles. The smallest absolute Gasteiger partial charge is 0.133 e. The summed E-state index contributed by atoms with van der Waals surface area (Å²) in [6.07, 6.45) is 1.38. The van der Waals surface area contributed by atoms with Gasteiger partial charge in [-0.1, -0.05) is 6.92 Å². The van der Waals surface area contributed by atoms with Crippen LogP contribution in [-0.2, 0) is 13.5 Å². The Labute approximate surface area is 111 Å². The van der Waals surface area contributed by atoms with E-state index in [0.29, 0.717) is 17.7 Å². The van der Waals surface area contributed by atoms with Crippen LogP contribution in [0.15, 0.2) is 24.4 Å². The number of methoxy groups -OCH3 is 1. The summed E-state index contributed by atoms with van der Waals surface area (Å²) in [5.74, 6) is -0.0619. The minimum atomic E-state index is -1.02. The number of rotatable bonds is 4. The summed E-state index contributed by atoms with van der Waals surface area (Å²) in [7, 11) is 3.25. The van der Waals surface area contributed by atoms with Crippen molar-refractivity contribution in [3.05, 3.63) is 47.0 Å². The maximum absolute atomic E-state index is 13.9. The standard InChI is InChI=1S/C14H17FN2O2/c1-4-13-11(8-17(2)16-13)14(18)10-6-5-9(19-3)7-12(10)15/h5-8,14,18H,4H2,1-3H3. The van der Waals surface area contributed by atoms with Gasteiger partial charge in [-0.2, -0.15) is 5.10 Å². The highest BCUT2D eigenvalue weighted by atomic mass is 19.1. The third-order valence-electron chi connectivity index (χ3n) is 3.07. The monoisotopic (exact) mass is 264 g/mol. The lowest BCUT2D eigenvalue weighted by molar-refractivity contribution is 0.213. The molecule has 19 heavy (non-hydrogen) atoms. The SMILES string of the molecule is CCc1nn(C)cc1C(O)c1ccc(OC)cc1F. The van der Waals surface area contributed by atoms with Crippen molar-refractivity contribution in [2.75, 3.05) is 7.11 Å². The molecule has 1 atom stereocenters. The quantitative estimate of drug-likeness (QED) is 0.921. The maximum Gasteiger partial charge on any atom is 0.133 e. The Balaban J connectivity index is 2.40. The lowest BCUT2D eigenvalue weighted by Gasteiger charge is -2.12. The number of aromatic nitrogens is 2. The minimum Gasteiger partial charge on any atom is -0.497 e. The largest absolute Gasteiger partial charge is 0.497 e. The number of hydrogen-bond acceptors (Lipinski definition) is 3. The molecule has 5 heteroatoms. The number of aliphatic hydroxyl groups is 1. The first-order valence-electron chi connectivity index (χ1n) is 6.10. The number of halogens is 1. The van der Waals surface area contributed by atoms with Crippen molar-refractivity contribution < 1.29 is 14.2 Å². The van der Waals surface area contributed by atoms with Crippen LogP contribution in [0.1, 0.15) is 29.8 Å². The molecule has 1 aromatic heterocycles. The molecule has 1 unspecified atom stereocenters. The number of aliphatic hydroxyl groups excluding tert-OH is 1. The second kappa shape index (κ2) is 5.40. The van der Waals surface area contributed by atoms with E-state index < -0.39 is 11.9 Å². The molecule has 1 heterocycles. The van der Waals surface area contributed by atoms with Crippen LogP contribution in [0.2, 0.25) is 0 Å². The Hall–Kier alpha value is -1.88. The van der Waals surface area contributed by atoms with Crippen LogP contribution < -0.4 is 4.74 Å². The Bertz CT molecular complexity index is 581. The highest BCUT2D eigenvalue weighted by molar-refractivity contribution is 5.36. The Kier molecular flexibility index (Phi) is 3.85. The fourth-order valence-corrected chi connectivity index (χ4v) is 2.08. The number of nitrogens with zero attached hydrogens (tertiary/aromatic N) is 2. The van der Waals surface area contributed by atoms with Crippen LogP contribution in [-0.4, -0.2) is 22.0 Å². The summed E-state index contributed by atoms with van der Waals surface area (Å²) in [6.45, 7) is 1.95. The molecule has 0 aliphatic rings. The van der Waals surface area contributed by atoms with Gasteiger partial charge >= 0.3 is 0 Å². The molecular weight excluding hydrogens is 247 g/mol. The third kappa shape index (κ3) is 2.61. The van der Waals surface area contributed by atoms with Crippen molar-refractivity contribution in [2.45, 2.75) is 19.4 Å². The molecule has 0 aliphatic heterocycles. The number of hydrogen-bond donors (Lipinski definition) is 1. The molecule has 0 fully saturated rings. The lowest BCUT2D eigenvalue weighted by atomic mass is 10.0. The molecular formula is C14H17FN2O2. The van der Waals surface area contributed by atoms with Gasteiger partial charge in [-0.15, -0.1) is 0 Å². The summed E-state index contributed by atoms with van der Waals surface area (Å²) in [5.41, 5.74) is 1.63. The number of aryl methyl sites for hydroxylation is 2. The second-order valence-corrected chi connectivity index (χ2v) is 4.35. The molecule has 0 amide bonds. The zero-order valence-electron chi connectivity index (χ0n) is 11.2. The van der Waals surface area contributed by atoms with Crippen molar-refractivity contribution in [1.29, 1.82) is 0 Å². The summed E-state index contributed by atoms with van der Waals surface area (Å²) < 4.78 is 20.5. The van der Waals surface area contributed by atoms with Crippen molar-refractivity contribution in [3.8, 4) is 5.75 Å². The van der Waals surface area contributed by atoms with E-state index in [1.54, 1.807) is 24.0 Å². The van der Waals surface area contributed by atoms with E-state index in [0.717, 1.165) is 5.69 Å². The van der Waals surface area contributed by atoms with Crippen LogP contribution >= 0.6 is 0 Å². The zero-order valence-corrected chi connectivity index (χ0v) is 11.2. The molecule has 1 N–H and O–H groups in total. The summed E-state index contributed by atoms with van der Waals surface area (Å²) >= 11 is 0. The Morgan fingerprint density at radius 1 is 1.42 bits per heavy atom. The zero-order chi connectivity index (χ0) is 14.0. The fourth-order valence-electron chi connectivity index (χ4n) is 2.08. The van der Waals surface area contributed by atoms with E-state index in [1.807, 2.05) is 6.92 Å². The molecule has 0 saturated carbocycles. The van der Waals surface area contributed by atoms with Gasteiger partial charge in [-0.3, -0.25) is 4.68 Å². The van der Waals surface area contributed by atoms with Crippen LogP contribution in [0.4, 0.5) is 4.39 Å². The van der Waals surface area contributed by atoms with Crippen LogP contribution in [0.5, 0.6) is 5.75 Å². The van der Waals surface area contributed by atoms with E-state index >= 15 is 0 Å². The molecule has 2 rings (SSSR count). The molecule has 0 saturated heterocycles. The first-order valence-corrected chi connectivity index (χ1v) is 6.10. The van der Waals surface area contributed by atoms with E-state index in [4.69, 9.17) is 4.74 Å². The molecule has 102 valence electrons. The van der Waals surface area contributed by atoms with Gasteiger partial charge in [0.05, 0.1) is 12.8 Å². The predicted octanol–water partition coefficient (Wildman–Crippen LogP) is 2.21. The lowest BCUT2D eigenvalue weighted by Crippen LogP contribution is -2.04. The van der Waals surface area contributed by atoms with Crippen molar-refractivity contribution >= 4 is 0 Å². The van der Waals surface area contributed by atoms with Gasteiger partial charge in [-0.05, 0) is 18.6 Å². The van der Waals surface area contributed by atoms with Crippen LogP contribution in [0, 0.1) is 5.82 Å². The first-order chi connectivity index (χ1) is 9.06. The topological polar surface area (TPSA) is 47.3 Å². The average Bonchev–Trinajstić information content (AvgIpc) is 2.79. The Morgan fingerprint density at radius 2 is 2.16 bits per heavy atom. The van der Waals surface area contributed by atoms with E-state index in [-0.39, 0.29) is 5.56 Å². The molecule has 4 nitrogen and oxygen atoms in total. The van der Waals surface area contributed by atoms with Gasteiger partial charge in [0.1, 0.15) is 17.7 Å². The summed E-state index contributed by atoms with van der Waals surface area (Å²) in [5, 5.41) is 14.6. The molecule has 2 aromatic rings. The first kappa shape index (κ1) is 13.5. The molecule has 1 aromatic carbocycles. The molecule has 0 spiro atoms. The van der Waals surface area contributed by atoms with Gasteiger partial charge in [-0.25, -0.2) is 4.39 Å². The van der Waals surface area contributed by atoms with Crippen LogP contribution in [0.3, 0.4) is 0 Å². The molecule has 0 radical (unpaired) electrons. The van der Waals surface area contributed by atoms with Crippen LogP contribution in [0.25, 0.3) is 0 Å². The second-order valence-electron chi connectivity index (χ2n) is 4.35. The van der Waals surface area contributed by atoms with E-state index in [1.165, 1.54) is 19.2 Å². The van der Waals surface area contributed by atoms with Gasteiger partial charge in [0.2, 0.25) is 0 Å². The fraction of sp³-hybridized carbons (Fsp3) is 0.357. The normalized spacial score (nSPS) is 12.5. The summed E-state index contributed by atoms with van der Waals surface area (Å²) in [6, 6.07) is 4.43. The van der Waals surface area contributed by atoms with Gasteiger partial charge in [0, 0.05) is 30.4 Å². The Morgan fingerprint density at radius 3 is 2.74 bits per heavy atom. The highest BCUT2D eigenvalue weighted by Gasteiger charge is 2.20. The summed E-state index contributed by atoms with van der Waals surface area (Å²) in [4.78, 5) is 0. The predicted molar refractivity (Wildman–Crippen MR) is 69.6 cm³/mol. The van der Waals surface area contributed by atoms with Crippen molar-refractivity contribution in [2.24, 2.45) is 7.05 Å². The van der Waals surface area contributed by atoms with Gasteiger partial charge < -0.3 is 9.84 Å².